The summed E-state index contributed by atoms with van der Waals surface area (Å²) < 4.78 is 1.98. The molecule has 1 aromatic heterocycles. The van der Waals surface area contributed by atoms with Crippen LogP contribution in [0.5, 0.6) is 0 Å². The van der Waals surface area contributed by atoms with Crippen LogP contribution >= 0.6 is 0 Å². The summed E-state index contributed by atoms with van der Waals surface area (Å²) in [5.41, 5.74) is 10.0. The number of anilines is 1. The van der Waals surface area contributed by atoms with Crippen LogP contribution in [0.25, 0.3) is 11.1 Å². The maximum Gasteiger partial charge on any atom is 0.0740 e. The number of hydrogen-bond donors (Lipinski definition) is 1. The Morgan fingerprint density at radius 3 is 2.35 bits per heavy atom. The lowest BCUT2D eigenvalue weighted by molar-refractivity contribution is 0.565. The minimum Gasteiger partial charge on any atom is -0.399 e. The van der Waals surface area contributed by atoms with Gasteiger partial charge in [-0.1, -0.05) is 42.5 Å². The molecule has 1 heterocycles. The lowest BCUT2D eigenvalue weighted by Crippen LogP contribution is -2.07. The highest BCUT2D eigenvalue weighted by atomic mass is 15.3. The molecule has 0 amide bonds. The van der Waals surface area contributed by atoms with E-state index in [2.05, 4.69) is 30.4 Å². The molecular formula is C17H17N3. The third kappa shape index (κ3) is 2.43. The van der Waals surface area contributed by atoms with Crippen molar-refractivity contribution >= 4 is 5.69 Å². The molecule has 2 aromatic carbocycles. The number of benzene rings is 2. The zero-order chi connectivity index (χ0) is 13.9. The summed E-state index contributed by atoms with van der Waals surface area (Å²) in [5.74, 6) is 0. The molecule has 0 spiro atoms. The molecule has 0 aliphatic rings. The van der Waals surface area contributed by atoms with E-state index in [1.165, 1.54) is 11.1 Å². The van der Waals surface area contributed by atoms with Crippen LogP contribution in [0.4, 0.5) is 5.69 Å². The standard InChI is InChI=1S/C17H17N3/c1-13(14-7-9-17(18)10-8-14)20-12-16(11-19-20)15-5-3-2-4-6-15/h2-13H,18H2,1H3. The van der Waals surface area contributed by atoms with E-state index in [0.717, 1.165) is 11.3 Å². The van der Waals surface area contributed by atoms with E-state index >= 15 is 0 Å². The molecular weight excluding hydrogens is 246 g/mol. The molecule has 1 atom stereocenters. The van der Waals surface area contributed by atoms with Gasteiger partial charge in [-0.15, -0.1) is 0 Å². The zero-order valence-electron chi connectivity index (χ0n) is 11.4. The summed E-state index contributed by atoms with van der Waals surface area (Å²) in [6, 6.07) is 18.4. The molecule has 0 aliphatic carbocycles. The van der Waals surface area contributed by atoms with Gasteiger partial charge in [0.15, 0.2) is 0 Å². The van der Waals surface area contributed by atoms with Crippen LogP contribution in [0.1, 0.15) is 18.5 Å². The molecule has 3 nitrogen and oxygen atoms in total. The molecule has 0 bridgehead atoms. The minimum absolute atomic E-state index is 0.188. The molecule has 0 saturated heterocycles. The van der Waals surface area contributed by atoms with Gasteiger partial charge in [0.25, 0.3) is 0 Å². The molecule has 3 heteroatoms. The summed E-state index contributed by atoms with van der Waals surface area (Å²) in [4.78, 5) is 0. The van der Waals surface area contributed by atoms with E-state index in [9.17, 15) is 0 Å². The van der Waals surface area contributed by atoms with Crippen molar-refractivity contribution in [3.05, 3.63) is 72.6 Å². The van der Waals surface area contributed by atoms with Crippen LogP contribution in [-0.2, 0) is 0 Å². The van der Waals surface area contributed by atoms with Crippen LogP contribution in [-0.4, -0.2) is 9.78 Å². The van der Waals surface area contributed by atoms with Crippen LogP contribution in [0.2, 0.25) is 0 Å². The van der Waals surface area contributed by atoms with Crippen molar-refractivity contribution in [1.82, 2.24) is 9.78 Å². The summed E-state index contributed by atoms with van der Waals surface area (Å²) in [5, 5.41) is 4.48. The number of rotatable bonds is 3. The third-order valence-electron chi connectivity index (χ3n) is 3.52. The highest BCUT2D eigenvalue weighted by Gasteiger charge is 2.09. The summed E-state index contributed by atoms with van der Waals surface area (Å²) in [6.45, 7) is 2.13. The van der Waals surface area contributed by atoms with Gasteiger partial charge in [0, 0.05) is 17.4 Å². The Hall–Kier alpha value is -2.55. The maximum atomic E-state index is 5.72. The average molecular weight is 263 g/mol. The predicted molar refractivity (Wildman–Crippen MR) is 82.3 cm³/mol. The Kier molecular flexibility index (Phi) is 3.25. The molecule has 0 aliphatic heterocycles. The third-order valence-corrected chi connectivity index (χ3v) is 3.52. The number of hydrogen-bond acceptors (Lipinski definition) is 2. The normalized spacial score (nSPS) is 12.2. The van der Waals surface area contributed by atoms with Gasteiger partial charge in [-0.25, -0.2) is 0 Å². The molecule has 100 valence electrons. The largest absolute Gasteiger partial charge is 0.399 e. The van der Waals surface area contributed by atoms with E-state index in [1.54, 1.807) is 0 Å². The van der Waals surface area contributed by atoms with Crippen molar-refractivity contribution in [2.24, 2.45) is 0 Å². The fraction of sp³-hybridized carbons (Fsp3) is 0.118. The Morgan fingerprint density at radius 2 is 1.65 bits per heavy atom. The second-order valence-electron chi connectivity index (χ2n) is 4.92. The van der Waals surface area contributed by atoms with Gasteiger partial charge >= 0.3 is 0 Å². The van der Waals surface area contributed by atoms with Gasteiger partial charge in [-0.2, -0.15) is 5.10 Å². The monoisotopic (exact) mass is 263 g/mol. The van der Waals surface area contributed by atoms with Gasteiger partial charge in [0.2, 0.25) is 0 Å². The van der Waals surface area contributed by atoms with E-state index in [1.807, 2.05) is 53.3 Å². The smallest absolute Gasteiger partial charge is 0.0740 e. The van der Waals surface area contributed by atoms with Crippen molar-refractivity contribution < 1.29 is 0 Å². The average Bonchev–Trinajstić information content (AvgIpc) is 2.98. The SMILES string of the molecule is CC(c1ccc(N)cc1)n1cc(-c2ccccc2)cn1. The van der Waals surface area contributed by atoms with Crippen LogP contribution in [0.15, 0.2) is 67.0 Å². The quantitative estimate of drug-likeness (QED) is 0.731. The topological polar surface area (TPSA) is 43.8 Å². The Labute approximate surface area is 118 Å². The first-order valence-electron chi connectivity index (χ1n) is 6.69. The highest BCUT2D eigenvalue weighted by molar-refractivity contribution is 5.61. The zero-order valence-corrected chi connectivity index (χ0v) is 11.4. The summed E-state index contributed by atoms with van der Waals surface area (Å²) in [7, 11) is 0. The summed E-state index contributed by atoms with van der Waals surface area (Å²) >= 11 is 0. The maximum absolute atomic E-state index is 5.72. The first-order valence-corrected chi connectivity index (χ1v) is 6.69. The van der Waals surface area contributed by atoms with Gasteiger partial charge in [-0.05, 0) is 30.2 Å². The molecule has 2 N–H and O–H groups in total. The van der Waals surface area contributed by atoms with Gasteiger partial charge in [0.1, 0.15) is 0 Å². The molecule has 0 saturated carbocycles. The van der Waals surface area contributed by atoms with Crippen molar-refractivity contribution in [2.75, 3.05) is 5.73 Å². The molecule has 0 radical (unpaired) electrons. The summed E-state index contributed by atoms with van der Waals surface area (Å²) in [6.07, 6.45) is 3.99. The number of nitrogen functional groups attached to an aromatic ring is 1. The molecule has 3 rings (SSSR count). The van der Waals surface area contributed by atoms with Gasteiger partial charge < -0.3 is 5.73 Å². The van der Waals surface area contributed by atoms with Crippen molar-refractivity contribution in [1.29, 1.82) is 0 Å². The van der Waals surface area contributed by atoms with Crippen molar-refractivity contribution in [2.45, 2.75) is 13.0 Å². The number of nitrogens with two attached hydrogens (primary N) is 1. The lowest BCUT2D eigenvalue weighted by atomic mass is 10.1. The molecule has 0 fully saturated rings. The Balaban J connectivity index is 1.88. The molecule has 3 aromatic rings. The fourth-order valence-electron chi connectivity index (χ4n) is 2.26. The Bertz CT molecular complexity index is 684. The predicted octanol–water partition coefficient (Wildman–Crippen LogP) is 3.74. The second-order valence-corrected chi connectivity index (χ2v) is 4.92. The van der Waals surface area contributed by atoms with E-state index in [-0.39, 0.29) is 6.04 Å². The van der Waals surface area contributed by atoms with Crippen LogP contribution in [0, 0.1) is 0 Å². The van der Waals surface area contributed by atoms with Gasteiger partial charge in [0.05, 0.1) is 12.2 Å². The Morgan fingerprint density at radius 1 is 0.950 bits per heavy atom. The highest BCUT2D eigenvalue weighted by Crippen LogP contribution is 2.23. The van der Waals surface area contributed by atoms with E-state index in [0.29, 0.717) is 0 Å². The number of aromatic nitrogens is 2. The van der Waals surface area contributed by atoms with Crippen molar-refractivity contribution in [3.63, 3.8) is 0 Å². The fourth-order valence-corrected chi connectivity index (χ4v) is 2.26. The van der Waals surface area contributed by atoms with E-state index in [4.69, 9.17) is 5.73 Å². The molecule has 20 heavy (non-hydrogen) atoms. The van der Waals surface area contributed by atoms with Crippen LogP contribution < -0.4 is 5.73 Å². The first kappa shape index (κ1) is 12.5. The van der Waals surface area contributed by atoms with E-state index < -0.39 is 0 Å². The van der Waals surface area contributed by atoms with Crippen molar-refractivity contribution in [3.8, 4) is 11.1 Å². The lowest BCUT2D eigenvalue weighted by Gasteiger charge is -2.12. The number of nitrogens with zero attached hydrogens (tertiary/aromatic N) is 2. The van der Waals surface area contributed by atoms with Crippen LogP contribution in [0.3, 0.4) is 0 Å². The second kappa shape index (κ2) is 5.21. The minimum atomic E-state index is 0.188. The molecule has 1 unspecified atom stereocenters. The van der Waals surface area contributed by atoms with Gasteiger partial charge in [-0.3, -0.25) is 4.68 Å². The first-order chi connectivity index (χ1) is 9.74.